The number of rotatable bonds is 5. The second-order valence-electron chi connectivity index (χ2n) is 5.51. The summed E-state index contributed by atoms with van der Waals surface area (Å²) in [6, 6.07) is 10.1. The van der Waals surface area contributed by atoms with Gasteiger partial charge < -0.3 is 0 Å². The predicted octanol–water partition coefficient (Wildman–Crippen LogP) is 3.13. The molecule has 5 nitrogen and oxygen atoms in total. The Morgan fingerprint density at radius 1 is 0.957 bits per heavy atom. The molecule has 0 radical (unpaired) electrons. The molecule has 0 aromatic carbocycles. The lowest BCUT2D eigenvalue weighted by Crippen LogP contribution is -2.22. The van der Waals surface area contributed by atoms with Crippen molar-refractivity contribution in [1.82, 2.24) is 24.8 Å². The van der Waals surface area contributed by atoms with Crippen LogP contribution in [0.1, 0.15) is 24.1 Å². The van der Waals surface area contributed by atoms with Crippen LogP contribution < -0.4 is 0 Å². The highest BCUT2D eigenvalue weighted by Gasteiger charge is 2.12. The molecule has 0 saturated heterocycles. The smallest absolute Gasteiger partial charge is 0.178 e. The Labute approximate surface area is 136 Å². The lowest BCUT2D eigenvalue weighted by Gasteiger charge is -2.24. The van der Waals surface area contributed by atoms with Gasteiger partial charge >= 0.3 is 0 Å². The third kappa shape index (κ3) is 3.76. The van der Waals surface area contributed by atoms with E-state index in [0.717, 1.165) is 17.8 Å². The molecule has 3 aromatic heterocycles. The van der Waals surface area contributed by atoms with Gasteiger partial charge in [0.15, 0.2) is 5.82 Å². The summed E-state index contributed by atoms with van der Waals surface area (Å²) in [6.45, 7) is 2.94. The van der Waals surface area contributed by atoms with Crippen molar-refractivity contribution in [1.29, 1.82) is 0 Å². The highest BCUT2D eigenvalue weighted by molar-refractivity contribution is 5.47. The average molecular weight is 305 g/mol. The van der Waals surface area contributed by atoms with Gasteiger partial charge in [-0.25, -0.2) is 9.97 Å². The Morgan fingerprint density at radius 3 is 2.43 bits per heavy atom. The van der Waals surface area contributed by atoms with Crippen LogP contribution in [0.5, 0.6) is 0 Å². The van der Waals surface area contributed by atoms with Crippen LogP contribution in [0, 0.1) is 0 Å². The molecular weight excluding hydrogens is 286 g/mol. The van der Waals surface area contributed by atoms with Gasteiger partial charge in [-0.2, -0.15) is 0 Å². The number of aromatic nitrogens is 4. The first-order valence-electron chi connectivity index (χ1n) is 7.56. The Balaban J connectivity index is 1.68. The summed E-state index contributed by atoms with van der Waals surface area (Å²) in [4.78, 5) is 19.5. The molecule has 3 heterocycles. The van der Waals surface area contributed by atoms with E-state index in [1.54, 1.807) is 12.4 Å². The second-order valence-corrected chi connectivity index (χ2v) is 5.51. The van der Waals surface area contributed by atoms with Crippen LogP contribution in [-0.4, -0.2) is 31.9 Å². The minimum atomic E-state index is 0.277. The zero-order valence-corrected chi connectivity index (χ0v) is 13.3. The number of nitrogens with zero attached hydrogens (tertiary/aromatic N) is 5. The summed E-state index contributed by atoms with van der Waals surface area (Å²) in [5.74, 6) is 0.650. The molecule has 5 heteroatoms. The van der Waals surface area contributed by atoms with Gasteiger partial charge in [0.05, 0.1) is 0 Å². The molecule has 0 aliphatic heterocycles. The Bertz CT molecular complexity index is 728. The van der Waals surface area contributed by atoms with Gasteiger partial charge in [-0.15, -0.1) is 0 Å². The van der Waals surface area contributed by atoms with Crippen molar-refractivity contribution in [3.63, 3.8) is 0 Å². The fraction of sp³-hybridized carbons (Fsp3) is 0.222. The molecule has 0 N–H and O–H groups in total. The summed E-state index contributed by atoms with van der Waals surface area (Å²) in [7, 11) is 2.09. The van der Waals surface area contributed by atoms with Gasteiger partial charge in [-0.1, -0.05) is 12.1 Å². The van der Waals surface area contributed by atoms with Crippen LogP contribution in [0.15, 0.2) is 61.3 Å². The molecule has 1 unspecified atom stereocenters. The second kappa shape index (κ2) is 7.07. The maximum absolute atomic E-state index is 4.42. The van der Waals surface area contributed by atoms with Crippen molar-refractivity contribution in [2.24, 2.45) is 0 Å². The molecule has 0 aliphatic carbocycles. The lowest BCUT2D eigenvalue weighted by atomic mass is 10.1. The molecule has 0 saturated carbocycles. The third-order valence-corrected chi connectivity index (χ3v) is 3.86. The molecule has 0 fully saturated rings. The van der Waals surface area contributed by atoms with Crippen LogP contribution in [0.25, 0.3) is 11.5 Å². The van der Waals surface area contributed by atoms with Gasteiger partial charge in [0, 0.05) is 49.1 Å². The zero-order valence-electron chi connectivity index (χ0n) is 13.3. The number of pyridine rings is 2. The maximum Gasteiger partial charge on any atom is 0.178 e. The van der Waals surface area contributed by atoms with Crippen molar-refractivity contribution < 1.29 is 0 Å². The lowest BCUT2D eigenvalue weighted by molar-refractivity contribution is 0.252. The van der Waals surface area contributed by atoms with E-state index in [1.165, 1.54) is 5.56 Å². The van der Waals surface area contributed by atoms with Crippen molar-refractivity contribution in [3.8, 4) is 11.5 Å². The molecule has 23 heavy (non-hydrogen) atoms. The first-order valence-corrected chi connectivity index (χ1v) is 7.56. The summed E-state index contributed by atoms with van der Waals surface area (Å²) >= 11 is 0. The monoisotopic (exact) mass is 305 g/mol. The van der Waals surface area contributed by atoms with Gasteiger partial charge in [0.1, 0.15) is 5.69 Å². The van der Waals surface area contributed by atoms with Crippen molar-refractivity contribution in [3.05, 3.63) is 72.4 Å². The predicted molar refractivity (Wildman–Crippen MR) is 89.4 cm³/mol. The van der Waals surface area contributed by atoms with Crippen molar-refractivity contribution >= 4 is 0 Å². The quantitative estimate of drug-likeness (QED) is 0.725. The minimum Gasteiger partial charge on any atom is -0.295 e. The molecule has 0 aliphatic rings. The van der Waals surface area contributed by atoms with E-state index in [-0.39, 0.29) is 6.04 Å². The molecule has 3 rings (SSSR count). The summed E-state index contributed by atoms with van der Waals surface area (Å²) in [5.41, 5.74) is 3.06. The molecule has 116 valence electrons. The largest absolute Gasteiger partial charge is 0.295 e. The van der Waals surface area contributed by atoms with E-state index >= 15 is 0 Å². The SMILES string of the molecule is CC(c1cccnc1)N(C)Cc1cnc(-c2ccccn2)nc1. The molecule has 0 bridgehead atoms. The maximum atomic E-state index is 4.42. The van der Waals surface area contributed by atoms with E-state index in [4.69, 9.17) is 0 Å². The van der Waals surface area contributed by atoms with E-state index in [2.05, 4.69) is 44.9 Å². The minimum absolute atomic E-state index is 0.277. The topological polar surface area (TPSA) is 54.8 Å². The van der Waals surface area contributed by atoms with Crippen molar-refractivity contribution in [2.75, 3.05) is 7.05 Å². The van der Waals surface area contributed by atoms with Crippen molar-refractivity contribution in [2.45, 2.75) is 19.5 Å². The fourth-order valence-electron chi connectivity index (χ4n) is 2.37. The van der Waals surface area contributed by atoms with Crippen LogP contribution in [0.3, 0.4) is 0 Å². The Kier molecular flexibility index (Phi) is 4.68. The van der Waals surface area contributed by atoms with Crippen LogP contribution in [0.2, 0.25) is 0 Å². The van der Waals surface area contributed by atoms with Gasteiger partial charge in [-0.3, -0.25) is 14.9 Å². The van der Waals surface area contributed by atoms with E-state index in [9.17, 15) is 0 Å². The van der Waals surface area contributed by atoms with E-state index < -0.39 is 0 Å². The summed E-state index contributed by atoms with van der Waals surface area (Å²) < 4.78 is 0. The number of hydrogen-bond acceptors (Lipinski definition) is 5. The Hall–Kier alpha value is -2.66. The van der Waals surface area contributed by atoms with Crippen LogP contribution in [0.4, 0.5) is 0 Å². The van der Waals surface area contributed by atoms with Gasteiger partial charge in [0.25, 0.3) is 0 Å². The molecule has 0 amide bonds. The van der Waals surface area contributed by atoms with Crippen LogP contribution >= 0.6 is 0 Å². The van der Waals surface area contributed by atoms with Gasteiger partial charge in [-0.05, 0) is 37.7 Å². The van der Waals surface area contributed by atoms with E-state index in [1.807, 2.05) is 42.9 Å². The standard InChI is InChI=1S/C18H19N5/c1-14(16-6-5-8-19-12-16)23(2)13-15-10-21-18(22-11-15)17-7-3-4-9-20-17/h3-12,14H,13H2,1-2H3. The first kappa shape index (κ1) is 15.2. The van der Waals surface area contributed by atoms with Crippen LogP contribution in [-0.2, 0) is 6.54 Å². The van der Waals surface area contributed by atoms with E-state index in [0.29, 0.717) is 5.82 Å². The highest BCUT2D eigenvalue weighted by Crippen LogP contribution is 2.19. The normalized spacial score (nSPS) is 12.3. The number of hydrogen-bond donors (Lipinski definition) is 0. The Morgan fingerprint density at radius 2 is 1.78 bits per heavy atom. The first-order chi connectivity index (χ1) is 11.2. The average Bonchev–Trinajstić information content (AvgIpc) is 2.63. The summed E-state index contributed by atoms with van der Waals surface area (Å²) in [6.07, 6.45) is 9.17. The van der Waals surface area contributed by atoms with Gasteiger partial charge in [0.2, 0.25) is 0 Å². The highest BCUT2D eigenvalue weighted by atomic mass is 15.1. The fourth-order valence-corrected chi connectivity index (χ4v) is 2.37. The molecule has 1 atom stereocenters. The molecular formula is C18H19N5. The molecule has 0 spiro atoms. The zero-order chi connectivity index (χ0) is 16.1. The molecule has 3 aromatic rings. The third-order valence-electron chi connectivity index (χ3n) is 3.86. The summed E-state index contributed by atoms with van der Waals surface area (Å²) in [5, 5.41) is 0.